The predicted molar refractivity (Wildman–Crippen MR) is 121 cm³/mol. The molecule has 184 valence electrons. The summed E-state index contributed by atoms with van der Waals surface area (Å²) in [7, 11) is 0. The monoisotopic (exact) mass is 488 g/mol. The summed E-state index contributed by atoms with van der Waals surface area (Å²) in [5, 5.41) is 13.7. The van der Waals surface area contributed by atoms with Gasteiger partial charge in [0.25, 0.3) is 5.82 Å². The van der Waals surface area contributed by atoms with Crippen molar-refractivity contribution in [1.82, 2.24) is 19.8 Å². The lowest BCUT2D eigenvalue weighted by atomic mass is 9.95. The number of rotatable bonds is 6. The van der Waals surface area contributed by atoms with Crippen LogP contribution in [0, 0.1) is 5.92 Å². The van der Waals surface area contributed by atoms with Crippen LogP contribution in [0.1, 0.15) is 31.2 Å². The summed E-state index contributed by atoms with van der Waals surface area (Å²) in [5.74, 6) is -1.59. The third-order valence-corrected chi connectivity index (χ3v) is 5.57. The molecule has 0 spiro atoms. The zero-order valence-electron chi connectivity index (χ0n) is 18.8. The minimum Gasteiger partial charge on any atom is -0.463 e. The average molecular weight is 488 g/mol. The van der Waals surface area contributed by atoms with Crippen LogP contribution in [0.4, 0.5) is 24.7 Å². The molecule has 0 unspecified atom stereocenters. The zero-order valence-corrected chi connectivity index (χ0v) is 18.8. The Morgan fingerprint density at radius 3 is 2.49 bits per heavy atom. The smallest absolute Gasteiger partial charge is 0.453 e. The number of anilines is 2. The van der Waals surface area contributed by atoms with Gasteiger partial charge in [0.1, 0.15) is 5.82 Å². The number of nitrogens with zero attached hydrogens (tertiary/aromatic N) is 5. The van der Waals surface area contributed by atoms with Gasteiger partial charge >= 0.3 is 12.1 Å². The summed E-state index contributed by atoms with van der Waals surface area (Å²) < 4.78 is 44.9. The Bertz CT molecular complexity index is 1230. The van der Waals surface area contributed by atoms with Crippen LogP contribution in [-0.4, -0.2) is 51.4 Å². The van der Waals surface area contributed by atoms with E-state index in [-0.39, 0.29) is 17.5 Å². The molecule has 3 heterocycles. The van der Waals surface area contributed by atoms with Crippen molar-refractivity contribution in [1.29, 1.82) is 0 Å². The lowest BCUT2D eigenvalue weighted by Gasteiger charge is -2.32. The van der Waals surface area contributed by atoms with E-state index in [4.69, 9.17) is 4.74 Å². The molecule has 2 aromatic heterocycles. The Labute approximate surface area is 198 Å². The van der Waals surface area contributed by atoms with Gasteiger partial charge in [0.2, 0.25) is 5.91 Å². The van der Waals surface area contributed by atoms with Gasteiger partial charge in [0.15, 0.2) is 5.65 Å². The van der Waals surface area contributed by atoms with Crippen LogP contribution >= 0.6 is 0 Å². The van der Waals surface area contributed by atoms with Gasteiger partial charge < -0.3 is 15.0 Å². The maximum absolute atomic E-state index is 13.1. The normalized spacial score (nSPS) is 15.0. The minimum atomic E-state index is -4.66. The molecule has 0 atom stereocenters. The molecule has 4 rings (SSSR count). The van der Waals surface area contributed by atoms with E-state index in [2.05, 4.69) is 20.6 Å². The van der Waals surface area contributed by atoms with Crippen LogP contribution in [0.15, 0.2) is 42.5 Å². The lowest BCUT2D eigenvalue weighted by molar-refractivity contribution is -0.146. The number of esters is 1. The van der Waals surface area contributed by atoms with Crippen molar-refractivity contribution in [3.8, 4) is 0 Å². The number of piperidine rings is 1. The number of fused-ring (bicyclic) bond motifs is 1. The number of carbonyl (C=O) groups excluding carboxylic acids is 2. The highest BCUT2D eigenvalue weighted by Gasteiger charge is 2.38. The van der Waals surface area contributed by atoms with Gasteiger partial charge in [-0.1, -0.05) is 12.1 Å². The van der Waals surface area contributed by atoms with Gasteiger partial charge in [-0.15, -0.1) is 15.3 Å². The van der Waals surface area contributed by atoms with Gasteiger partial charge in [0.05, 0.1) is 6.61 Å². The summed E-state index contributed by atoms with van der Waals surface area (Å²) in [4.78, 5) is 25.9. The summed E-state index contributed by atoms with van der Waals surface area (Å²) in [6.07, 6.45) is -0.640. The van der Waals surface area contributed by atoms with E-state index in [1.807, 2.05) is 4.90 Å². The van der Waals surface area contributed by atoms with E-state index >= 15 is 0 Å². The number of hydrogen-bond acceptors (Lipinski definition) is 7. The highest BCUT2D eigenvalue weighted by atomic mass is 19.4. The van der Waals surface area contributed by atoms with Crippen LogP contribution in [0.5, 0.6) is 0 Å². The van der Waals surface area contributed by atoms with Gasteiger partial charge in [-0.25, -0.2) is 4.79 Å². The third kappa shape index (κ3) is 5.76. The number of benzene rings is 1. The second-order valence-corrected chi connectivity index (χ2v) is 7.94. The summed E-state index contributed by atoms with van der Waals surface area (Å²) in [6, 6.07) is 10.1. The first-order chi connectivity index (χ1) is 16.7. The van der Waals surface area contributed by atoms with E-state index < -0.39 is 18.0 Å². The van der Waals surface area contributed by atoms with Crippen LogP contribution in [0.2, 0.25) is 0 Å². The zero-order chi connectivity index (χ0) is 25.0. The second kappa shape index (κ2) is 10.1. The molecule has 35 heavy (non-hydrogen) atoms. The van der Waals surface area contributed by atoms with Crippen LogP contribution in [0.25, 0.3) is 11.7 Å². The highest BCUT2D eigenvalue weighted by molar-refractivity contribution is 5.93. The van der Waals surface area contributed by atoms with E-state index in [9.17, 15) is 22.8 Å². The summed E-state index contributed by atoms with van der Waals surface area (Å²) in [5.41, 5.74) is 1.43. The number of halogens is 3. The molecule has 1 N–H and O–H groups in total. The van der Waals surface area contributed by atoms with Crippen molar-refractivity contribution in [2.45, 2.75) is 25.9 Å². The van der Waals surface area contributed by atoms with Gasteiger partial charge in [-0.05, 0) is 55.7 Å². The quantitative estimate of drug-likeness (QED) is 0.418. The first-order valence-electron chi connectivity index (χ1n) is 11.0. The fourth-order valence-electron chi connectivity index (χ4n) is 3.77. The standard InChI is InChI=1S/C23H23F3N6O3/c1-2-35-20(33)10-5-15-3-6-17(7-4-15)27-21(34)16-11-13-31(14-12-16)19-9-8-18-28-29-22(23(24,25)26)32(18)30-19/h3-10,16H,2,11-14H2,1H3,(H,27,34)/b10-5+. The van der Waals surface area contributed by atoms with Crippen LogP contribution in [0.3, 0.4) is 0 Å². The largest absolute Gasteiger partial charge is 0.463 e. The Hall–Kier alpha value is -3.96. The third-order valence-electron chi connectivity index (χ3n) is 5.57. The summed E-state index contributed by atoms with van der Waals surface area (Å²) >= 11 is 0. The van der Waals surface area contributed by atoms with Crippen molar-refractivity contribution >= 4 is 35.1 Å². The topological polar surface area (TPSA) is 102 Å². The molecule has 12 heteroatoms. The molecule has 1 aromatic carbocycles. The van der Waals surface area contributed by atoms with E-state index in [0.29, 0.717) is 48.6 Å². The number of alkyl halides is 3. The molecule has 1 fully saturated rings. The second-order valence-electron chi connectivity index (χ2n) is 7.94. The molecule has 9 nitrogen and oxygen atoms in total. The minimum absolute atomic E-state index is 0.0118. The first kappa shape index (κ1) is 24.2. The lowest BCUT2D eigenvalue weighted by Crippen LogP contribution is -2.38. The Morgan fingerprint density at radius 1 is 1.11 bits per heavy atom. The molecule has 1 aliphatic heterocycles. The molecular formula is C23H23F3N6O3. The van der Waals surface area contributed by atoms with Crippen molar-refractivity contribution in [3.05, 3.63) is 53.9 Å². The van der Waals surface area contributed by atoms with Gasteiger partial charge in [-0.2, -0.15) is 17.7 Å². The number of ether oxygens (including phenoxy) is 1. The van der Waals surface area contributed by atoms with Gasteiger partial charge in [-0.3, -0.25) is 4.79 Å². The maximum Gasteiger partial charge on any atom is 0.453 e. The van der Waals surface area contributed by atoms with Crippen molar-refractivity contribution in [2.24, 2.45) is 5.92 Å². The molecule has 1 saturated heterocycles. The fourth-order valence-corrected chi connectivity index (χ4v) is 3.77. The summed E-state index contributed by atoms with van der Waals surface area (Å²) in [6.45, 7) is 2.98. The van der Waals surface area contributed by atoms with Crippen molar-refractivity contribution < 1.29 is 27.5 Å². The molecule has 3 aromatic rings. The van der Waals surface area contributed by atoms with Crippen LogP contribution in [-0.2, 0) is 20.5 Å². The molecule has 1 aliphatic rings. The Morgan fingerprint density at radius 2 is 1.83 bits per heavy atom. The highest BCUT2D eigenvalue weighted by Crippen LogP contribution is 2.29. The number of nitrogens with one attached hydrogen (secondary N) is 1. The van der Waals surface area contributed by atoms with Gasteiger partial charge in [0, 0.05) is 30.8 Å². The molecule has 0 saturated carbocycles. The van der Waals surface area contributed by atoms with E-state index in [1.165, 1.54) is 12.1 Å². The van der Waals surface area contributed by atoms with Crippen LogP contribution < -0.4 is 10.2 Å². The molecule has 0 bridgehead atoms. The predicted octanol–water partition coefficient (Wildman–Crippen LogP) is 3.57. The Balaban J connectivity index is 1.33. The first-order valence-corrected chi connectivity index (χ1v) is 11.0. The number of aromatic nitrogens is 4. The maximum atomic E-state index is 13.1. The molecule has 0 radical (unpaired) electrons. The number of hydrogen-bond donors (Lipinski definition) is 1. The van der Waals surface area contributed by atoms with E-state index in [1.54, 1.807) is 43.3 Å². The molecular weight excluding hydrogens is 465 g/mol. The molecule has 1 amide bonds. The fraction of sp³-hybridized carbons (Fsp3) is 0.348. The number of amides is 1. The SMILES string of the molecule is CCOC(=O)/C=C/c1ccc(NC(=O)C2CCN(c3ccc4nnc(C(F)(F)F)n4n3)CC2)cc1. The van der Waals surface area contributed by atoms with E-state index in [0.717, 1.165) is 5.56 Å². The number of carbonyl (C=O) groups is 2. The average Bonchev–Trinajstić information content (AvgIpc) is 3.28. The Kier molecular flexibility index (Phi) is 6.99. The van der Waals surface area contributed by atoms with Crippen molar-refractivity contribution in [3.63, 3.8) is 0 Å². The van der Waals surface area contributed by atoms with Crippen molar-refractivity contribution in [2.75, 3.05) is 29.9 Å². The molecule has 0 aliphatic carbocycles.